The van der Waals surface area contributed by atoms with Gasteiger partial charge in [0.15, 0.2) is 0 Å². The number of nitrogens with zero attached hydrogens (tertiary/aromatic N) is 3. The number of imidazole rings is 1. The zero-order valence-corrected chi connectivity index (χ0v) is 12.7. The summed E-state index contributed by atoms with van der Waals surface area (Å²) < 4.78 is 2.27. The Balaban J connectivity index is 1.90. The molecule has 4 nitrogen and oxygen atoms in total. The Bertz CT molecular complexity index is 456. The molecule has 2 N–H and O–H groups in total. The molecule has 3 rings (SSSR count). The van der Waals surface area contributed by atoms with Gasteiger partial charge in [0.1, 0.15) is 5.82 Å². The number of rotatable bonds is 2. The lowest BCUT2D eigenvalue weighted by atomic mass is 9.69. The Morgan fingerprint density at radius 1 is 1.42 bits per heavy atom. The molecule has 106 valence electrons. The third-order valence-electron chi connectivity index (χ3n) is 5.16. The van der Waals surface area contributed by atoms with Crippen molar-refractivity contribution in [3.8, 4) is 0 Å². The number of thioether (sulfide) groups is 1. The van der Waals surface area contributed by atoms with Gasteiger partial charge in [0.05, 0.1) is 6.54 Å². The van der Waals surface area contributed by atoms with Crippen molar-refractivity contribution in [2.75, 3.05) is 24.6 Å². The van der Waals surface area contributed by atoms with Crippen molar-refractivity contribution in [2.45, 2.75) is 38.9 Å². The van der Waals surface area contributed by atoms with Crippen LogP contribution in [0.1, 0.15) is 26.1 Å². The van der Waals surface area contributed by atoms with Gasteiger partial charge in [0, 0.05) is 43.3 Å². The average Bonchev–Trinajstić information content (AvgIpc) is 2.86. The highest BCUT2D eigenvalue weighted by atomic mass is 32.2. The highest BCUT2D eigenvalue weighted by molar-refractivity contribution is 7.99. The zero-order valence-electron chi connectivity index (χ0n) is 11.9. The van der Waals surface area contributed by atoms with E-state index in [0.29, 0.717) is 0 Å². The van der Waals surface area contributed by atoms with Gasteiger partial charge in [-0.2, -0.15) is 11.8 Å². The summed E-state index contributed by atoms with van der Waals surface area (Å²) in [5, 5.41) is 0. The molecule has 1 atom stereocenters. The van der Waals surface area contributed by atoms with Crippen molar-refractivity contribution in [3.63, 3.8) is 0 Å². The maximum atomic E-state index is 6.26. The number of hydrogen-bond donors (Lipinski definition) is 1. The van der Waals surface area contributed by atoms with Crippen molar-refractivity contribution in [2.24, 2.45) is 11.1 Å². The molecule has 1 aromatic heterocycles. The van der Waals surface area contributed by atoms with Crippen molar-refractivity contribution in [1.82, 2.24) is 14.5 Å². The van der Waals surface area contributed by atoms with E-state index < -0.39 is 0 Å². The van der Waals surface area contributed by atoms with E-state index in [2.05, 4.69) is 46.3 Å². The van der Waals surface area contributed by atoms with Crippen molar-refractivity contribution >= 4 is 11.8 Å². The summed E-state index contributed by atoms with van der Waals surface area (Å²) in [7, 11) is 0. The molecule has 2 aliphatic rings. The highest BCUT2D eigenvalue weighted by Crippen LogP contribution is 2.46. The number of aromatic nitrogens is 2. The summed E-state index contributed by atoms with van der Waals surface area (Å²) in [6, 6.07) is 0. The standard InChI is InChI=1S/C14H24N4S/c1-13(2)3-8-19-11-14(13,10-15)18-7-6-17-5-4-16-12(17)9-18/h4-5H,3,6-11,15H2,1-2H3. The fourth-order valence-corrected chi connectivity index (χ4v) is 5.35. The molecule has 1 unspecified atom stereocenters. The van der Waals surface area contributed by atoms with E-state index in [0.717, 1.165) is 31.9 Å². The molecule has 5 heteroatoms. The molecule has 0 aliphatic carbocycles. The van der Waals surface area contributed by atoms with E-state index >= 15 is 0 Å². The summed E-state index contributed by atoms with van der Waals surface area (Å²) in [4.78, 5) is 7.09. The summed E-state index contributed by atoms with van der Waals surface area (Å²) in [5.41, 5.74) is 6.66. The molecule has 1 saturated heterocycles. The fourth-order valence-electron chi connectivity index (χ4n) is 3.52. The van der Waals surface area contributed by atoms with Crippen LogP contribution in [0.15, 0.2) is 12.4 Å². The number of nitrogens with two attached hydrogens (primary N) is 1. The van der Waals surface area contributed by atoms with Crippen LogP contribution in [0.5, 0.6) is 0 Å². The topological polar surface area (TPSA) is 47.1 Å². The van der Waals surface area contributed by atoms with E-state index in [1.165, 1.54) is 18.0 Å². The predicted molar refractivity (Wildman–Crippen MR) is 80.1 cm³/mol. The van der Waals surface area contributed by atoms with Gasteiger partial charge >= 0.3 is 0 Å². The lowest BCUT2D eigenvalue weighted by Gasteiger charge is -2.56. The summed E-state index contributed by atoms with van der Waals surface area (Å²) in [5.74, 6) is 3.60. The van der Waals surface area contributed by atoms with Crippen LogP contribution in [0, 0.1) is 5.41 Å². The smallest absolute Gasteiger partial charge is 0.122 e. The second-order valence-electron chi connectivity index (χ2n) is 6.38. The van der Waals surface area contributed by atoms with Gasteiger partial charge in [0.25, 0.3) is 0 Å². The summed E-state index contributed by atoms with van der Waals surface area (Å²) in [6.07, 6.45) is 5.25. The van der Waals surface area contributed by atoms with Gasteiger partial charge < -0.3 is 10.3 Å². The van der Waals surface area contributed by atoms with E-state index in [9.17, 15) is 0 Å². The van der Waals surface area contributed by atoms with Gasteiger partial charge in [-0.3, -0.25) is 4.90 Å². The normalized spacial score (nSPS) is 31.1. The van der Waals surface area contributed by atoms with E-state index in [-0.39, 0.29) is 11.0 Å². The second kappa shape index (κ2) is 4.79. The lowest BCUT2D eigenvalue weighted by Crippen LogP contribution is -2.66. The molecule has 3 heterocycles. The Hall–Kier alpha value is -0.520. The second-order valence-corrected chi connectivity index (χ2v) is 7.49. The zero-order chi connectivity index (χ0) is 13.5. The molecular formula is C14H24N4S. The van der Waals surface area contributed by atoms with Crippen LogP contribution in [0.4, 0.5) is 0 Å². The molecule has 0 spiro atoms. The maximum Gasteiger partial charge on any atom is 0.122 e. The van der Waals surface area contributed by atoms with Crippen LogP contribution in [-0.2, 0) is 13.1 Å². The number of fused-ring (bicyclic) bond motifs is 1. The van der Waals surface area contributed by atoms with Gasteiger partial charge in [-0.1, -0.05) is 13.8 Å². The van der Waals surface area contributed by atoms with Gasteiger partial charge in [-0.25, -0.2) is 4.98 Å². The number of hydrogen-bond acceptors (Lipinski definition) is 4. The largest absolute Gasteiger partial charge is 0.333 e. The van der Waals surface area contributed by atoms with Crippen LogP contribution in [0.2, 0.25) is 0 Å². The molecule has 1 aromatic rings. The fraction of sp³-hybridized carbons (Fsp3) is 0.786. The van der Waals surface area contributed by atoms with Crippen LogP contribution in [0.25, 0.3) is 0 Å². The average molecular weight is 280 g/mol. The van der Waals surface area contributed by atoms with Crippen LogP contribution in [-0.4, -0.2) is 44.6 Å². The highest BCUT2D eigenvalue weighted by Gasteiger charge is 2.50. The summed E-state index contributed by atoms with van der Waals surface area (Å²) in [6.45, 7) is 8.59. The Labute approximate surface area is 119 Å². The first-order valence-corrected chi connectivity index (χ1v) is 8.27. The van der Waals surface area contributed by atoms with Crippen molar-refractivity contribution in [3.05, 3.63) is 18.2 Å². The third kappa shape index (κ3) is 2.03. The lowest BCUT2D eigenvalue weighted by molar-refractivity contribution is -0.0171. The Kier molecular flexibility index (Phi) is 3.39. The van der Waals surface area contributed by atoms with Crippen molar-refractivity contribution < 1.29 is 0 Å². The van der Waals surface area contributed by atoms with Crippen LogP contribution in [0.3, 0.4) is 0 Å². The van der Waals surface area contributed by atoms with E-state index in [1.54, 1.807) is 0 Å². The minimum atomic E-state index is 0.118. The van der Waals surface area contributed by atoms with Crippen LogP contribution < -0.4 is 5.73 Å². The quantitative estimate of drug-likeness (QED) is 0.893. The maximum absolute atomic E-state index is 6.26. The molecule has 2 aliphatic heterocycles. The molecule has 0 amide bonds. The Morgan fingerprint density at radius 3 is 3.00 bits per heavy atom. The molecule has 0 bridgehead atoms. The summed E-state index contributed by atoms with van der Waals surface area (Å²) >= 11 is 2.06. The van der Waals surface area contributed by atoms with E-state index in [1.807, 2.05) is 6.20 Å². The third-order valence-corrected chi connectivity index (χ3v) is 6.33. The minimum absolute atomic E-state index is 0.118. The van der Waals surface area contributed by atoms with Gasteiger partial charge in [-0.15, -0.1) is 0 Å². The van der Waals surface area contributed by atoms with Crippen molar-refractivity contribution in [1.29, 1.82) is 0 Å². The van der Waals surface area contributed by atoms with Gasteiger partial charge in [0.2, 0.25) is 0 Å². The first-order chi connectivity index (χ1) is 9.09. The molecule has 1 fully saturated rings. The first kappa shape index (κ1) is 13.5. The monoisotopic (exact) mass is 280 g/mol. The molecular weight excluding hydrogens is 256 g/mol. The first-order valence-electron chi connectivity index (χ1n) is 7.12. The van der Waals surface area contributed by atoms with Gasteiger partial charge in [-0.05, 0) is 17.6 Å². The Morgan fingerprint density at radius 2 is 2.26 bits per heavy atom. The predicted octanol–water partition coefficient (Wildman–Crippen LogP) is 1.56. The molecule has 0 saturated carbocycles. The molecule has 19 heavy (non-hydrogen) atoms. The minimum Gasteiger partial charge on any atom is -0.333 e. The SMILES string of the molecule is CC1(C)CCSCC1(CN)N1CCn2ccnc2C1. The molecule has 0 aromatic carbocycles. The molecule has 0 radical (unpaired) electrons. The van der Waals surface area contributed by atoms with E-state index in [4.69, 9.17) is 5.73 Å². The van der Waals surface area contributed by atoms with Crippen LogP contribution >= 0.6 is 11.8 Å².